The molecule has 3 aliphatic rings. The van der Waals surface area contributed by atoms with Crippen molar-refractivity contribution in [2.45, 2.75) is 84.0 Å². The third-order valence-corrected chi connectivity index (χ3v) is 7.68. The average Bonchev–Trinajstić information content (AvgIpc) is 3.11. The van der Waals surface area contributed by atoms with E-state index in [1.165, 1.54) is 25.9 Å². The number of rotatable bonds is 11. The molecule has 0 saturated carbocycles. The summed E-state index contributed by atoms with van der Waals surface area (Å²) in [5, 5.41) is 3.68. The summed E-state index contributed by atoms with van der Waals surface area (Å²) in [6.45, 7) is 8.87. The van der Waals surface area contributed by atoms with E-state index in [0.29, 0.717) is 43.8 Å². The number of carbonyl (C=O) groups is 4. The van der Waals surface area contributed by atoms with Crippen LogP contribution < -0.4 is 5.32 Å². The fraction of sp³-hybridized carbons (Fsp3) is 0.840. The Labute approximate surface area is 241 Å². The number of hydrogen-bond acceptors (Lipinski definition) is 11. The van der Waals surface area contributed by atoms with Gasteiger partial charge >= 0.3 is 28.5 Å². The van der Waals surface area contributed by atoms with Gasteiger partial charge in [0.05, 0.1) is 24.7 Å². The number of piperidine rings is 2. The number of esters is 1. The van der Waals surface area contributed by atoms with Gasteiger partial charge in [0.15, 0.2) is 0 Å². The molecule has 4 amide bonds. The number of hydrogen-bond donors (Lipinski definition) is 1. The highest BCUT2D eigenvalue weighted by atomic mass is 32.3. The van der Waals surface area contributed by atoms with Crippen LogP contribution in [0.2, 0.25) is 0 Å². The molecule has 0 aliphatic carbocycles. The van der Waals surface area contributed by atoms with Gasteiger partial charge in [-0.3, -0.25) is 9.59 Å². The maximum Gasteiger partial charge on any atom is 0.421 e. The van der Waals surface area contributed by atoms with Crippen LogP contribution in [0.15, 0.2) is 0 Å². The Morgan fingerprint density at radius 3 is 2.27 bits per heavy atom. The fourth-order valence-corrected chi connectivity index (χ4v) is 5.51. The average molecular weight is 607 g/mol. The van der Waals surface area contributed by atoms with Gasteiger partial charge in [-0.15, -0.1) is 4.28 Å². The van der Waals surface area contributed by atoms with Crippen molar-refractivity contribution in [1.82, 2.24) is 20.2 Å². The summed E-state index contributed by atoms with van der Waals surface area (Å²) < 4.78 is 50.2. The van der Waals surface area contributed by atoms with Crippen LogP contribution in [0.5, 0.6) is 0 Å². The molecule has 0 aromatic rings. The van der Waals surface area contributed by atoms with Crippen molar-refractivity contribution in [3.8, 4) is 0 Å². The third-order valence-electron chi connectivity index (χ3n) is 6.93. The van der Waals surface area contributed by atoms with Gasteiger partial charge in [-0.05, 0) is 60.3 Å². The molecule has 0 unspecified atom stereocenters. The molecule has 3 fully saturated rings. The summed E-state index contributed by atoms with van der Waals surface area (Å²) in [6, 6.07) is -2.32. The number of urea groups is 1. The zero-order valence-corrected chi connectivity index (χ0v) is 25.4. The molecule has 16 heteroatoms. The van der Waals surface area contributed by atoms with Gasteiger partial charge in [-0.1, -0.05) is 0 Å². The van der Waals surface area contributed by atoms with Crippen molar-refractivity contribution in [3.05, 3.63) is 0 Å². The minimum Gasteiger partial charge on any atom is -0.463 e. The molecule has 1 N–H and O–H groups in total. The van der Waals surface area contributed by atoms with Crippen LogP contribution in [0.1, 0.15) is 60.3 Å². The number of nitrogens with one attached hydrogen (secondary N) is 1. The predicted molar refractivity (Wildman–Crippen MR) is 142 cm³/mol. The van der Waals surface area contributed by atoms with Gasteiger partial charge in [0.1, 0.15) is 18.2 Å². The first kappa shape index (κ1) is 32.8. The standard InChI is InChI=1S/C25H42N4O11S/c1-24(2,3)39-23(33)27-11-9-17(10-12-27)26-20(30)19-8-7-18-15-28(19)22(32)29(18)40-41(34,35)38-16-25(4,5)21(31)37-14-13-36-6/h17-19H,7-16H2,1-6H3,(H,26,30)/t18-,19+/m1/s1. The van der Waals surface area contributed by atoms with Crippen LogP contribution >= 0.6 is 0 Å². The van der Waals surface area contributed by atoms with Gasteiger partial charge in [0.2, 0.25) is 5.91 Å². The maximum atomic E-state index is 13.1. The van der Waals surface area contributed by atoms with Crippen LogP contribution in [-0.2, 0) is 42.7 Å². The SMILES string of the molecule is COCCOC(=O)C(C)(C)COS(=O)(=O)ON1C(=O)N2C[C@H]1CC[C@H]2C(=O)NC1CCN(C(=O)OC(C)(C)C)CC1. The lowest BCUT2D eigenvalue weighted by molar-refractivity contribution is -0.157. The van der Waals surface area contributed by atoms with Crippen molar-refractivity contribution in [3.63, 3.8) is 0 Å². The second kappa shape index (κ2) is 13.1. The lowest BCUT2D eigenvalue weighted by Crippen LogP contribution is -2.54. The van der Waals surface area contributed by atoms with E-state index in [9.17, 15) is 27.6 Å². The first-order valence-electron chi connectivity index (χ1n) is 13.7. The first-order valence-corrected chi connectivity index (χ1v) is 15.0. The first-order chi connectivity index (χ1) is 19.0. The molecule has 41 heavy (non-hydrogen) atoms. The normalized spacial score (nSPS) is 22.1. The highest BCUT2D eigenvalue weighted by Gasteiger charge is 2.50. The number of carbonyl (C=O) groups excluding carboxylic acids is 4. The van der Waals surface area contributed by atoms with Crippen LogP contribution in [0.3, 0.4) is 0 Å². The van der Waals surface area contributed by atoms with Gasteiger partial charge in [-0.2, -0.15) is 13.5 Å². The zero-order chi connectivity index (χ0) is 30.6. The molecule has 3 rings (SSSR count). The van der Waals surface area contributed by atoms with Crippen molar-refractivity contribution in [2.24, 2.45) is 5.41 Å². The van der Waals surface area contributed by atoms with Gasteiger partial charge < -0.3 is 29.3 Å². The molecular weight excluding hydrogens is 564 g/mol. The molecule has 2 atom stereocenters. The highest BCUT2D eigenvalue weighted by molar-refractivity contribution is 7.81. The molecule has 0 aromatic carbocycles. The number of methoxy groups -OCH3 is 1. The van der Waals surface area contributed by atoms with E-state index in [0.717, 1.165) is 0 Å². The molecule has 0 radical (unpaired) electrons. The van der Waals surface area contributed by atoms with Crippen LogP contribution in [0.25, 0.3) is 0 Å². The Morgan fingerprint density at radius 2 is 1.66 bits per heavy atom. The quantitative estimate of drug-likeness (QED) is 0.265. The lowest BCUT2D eigenvalue weighted by Gasteiger charge is -2.35. The summed E-state index contributed by atoms with van der Waals surface area (Å²) in [5.41, 5.74) is -1.91. The fourth-order valence-electron chi connectivity index (χ4n) is 4.64. The van der Waals surface area contributed by atoms with Crippen molar-refractivity contribution in [2.75, 3.05) is 46.6 Å². The topological polar surface area (TPSA) is 170 Å². The number of amides is 4. The molecule has 0 spiro atoms. The number of fused-ring (bicyclic) bond motifs is 2. The summed E-state index contributed by atoms with van der Waals surface area (Å²) in [4.78, 5) is 53.5. The van der Waals surface area contributed by atoms with Gasteiger partial charge in [0, 0.05) is 32.8 Å². The van der Waals surface area contributed by atoms with Crippen LogP contribution in [0.4, 0.5) is 9.59 Å². The molecule has 3 aliphatic heterocycles. The smallest absolute Gasteiger partial charge is 0.421 e. The maximum absolute atomic E-state index is 13.1. The Balaban J connectivity index is 1.50. The third kappa shape index (κ3) is 8.90. The Bertz CT molecular complexity index is 1080. The molecule has 3 heterocycles. The number of ether oxygens (including phenoxy) is 3. The van der Waals surface area contributed by atoms with Crippen molar-refractivity contribution < 1.29 is 50.3 Å². The predicted octanol–water partition coefficient (Wildman–Crippen LogP) is 1.18. The van der Waals surface area contributed by atoms with Gasteiger partial charge in [-0.25, -0.2) is 13.8 Å². The van der Waals surface area contributed by atoms with E-state index in [1.807, 2.05) is 0 Å². The monoisotopic (exact) mass is 606 g/mol. The van der Waals surface area contributed by atoms with E-state index in [1.54, 1.807) is 25.7 Å². The summed E-state index contributed by atoms with van der Waals surface area (Å²) in [6.07, 6.45) is 1.34. The molecular formula is C25H42N4O11S. The van der Waals surface area contributed by atoms with E-state index in [4.69, 9.17) is 22.7 Å². The number of nitrogens with zero attached hydrogens (tertiary/aromatic N) is 3. The van der Waals surface area contributed by atoms with E-state index in [2.05, 4.69) is 5.32 Å². The Morgan fingerprint density at radius 1 is 1.00 bits per heavy atom. The lowest BCUT2D eigenvalue weighted by atomic mass is 9.95. The largest absolute Gasteiger partial charge is 0.463 e. The minimum atomic E-state index is -4.71. The summed E-state index contributed by atoms with van der Waals surface area (Å²) >= 11 is 0. The highest BCUT2D eigenvalue weighted by Crippen LogP contribution is 2.32. The second-order valence-corrected chi connectivity index (χ2v) is 13.2. The van der Waals surface area contributed by atoms with Crippen LogP contribution in [0, 0.1) is 5.41 Å². The minimum absolute atomic E-state index is 0.00181. The molecule has 2 bridgehead atoms. The number of hydroxylamine groups is 2. The Kier molecular flexibility index (Phi) is 10.5. The zero-order valence-electron chi connectivity index (χ0n) is 24.5. The second-order valence-electron chi connectivity index (χ2n) is 12.0. The summed E-state index contributed by atoms with van der Waals surface area (Å²) in [5.74, 6) is -1.03. The van der Waals surface area contributed by atoms with E-state index in [-0.39, 0.29) is 31.7 Å². The van der Waals surface area contributed by atoms with E-state index < -0.39 is 58.2 Å². The van der Waals surface area contributed by atoms with Crippen molar-refractivity contribution >= 4 is 34.4 Å². The van der Waals surface area contributed by atoms with Crippen molar-refractivity contribution in [1.29, 1.82) is 0 Å². The molecule has 3 saturated heterocycles. The van der Waals surface area contributed by atoms with E-state index >= 15 is 0 Å². The van der Waals surface area contributed by atoms with Crippen LogP contribution in [-0.4, -0.2) is 118 Å². The Hall–Kier alpha value is -2.69. The number of likely N-dealkylation sites (tertiary alicyclic amines) is 1. The molecule has 234 valence electrons. The summed E-state index contributed by atoms with van der Waals surface area (Å²) in [7, 11) is -3.26. The molecule has 15 nitrogen and oxygen atoms in total. The molecule has 0 aromatic heterocycles. The van der Waals surface area contributed by atoms with Gasteiger partial charge in [0.25, 0.3) is 0 Å².